The van der Waals surface area contributed by atoms with Crippen molar-refractivity contribution in [3.63, 3.8) is 0 Å². The summed E-state index contributed by atoms with van der Waals surface area (Å²) in [6.07, 6.45) is 2.26. The quantitative estimate of drug-likeness (QED) is 0.853. The predicted molar refractivity (Wildman–Crippen MR) is 61.9 cm³/mol. The average molecular weight is 214 g/mol. The third-order valence-corrected chi connectivity index (χ3v) is 3.36. The number of nitrogens with two attached hydrogens (primary N) is 1. The molecule has 2 N–H and O–H groups in total. The van der Waals surface area contributed by atoms with Gasteiger partial charge in [-0.15, -0.1) is 0 Å². The summed E-state index contributed by atoms with van der Waals surface area (Å²) in [4.78, 5) is 0. The van der Waals surface area contributed by atoms with Crippen LogP contribution in [0.2, 0.25) is 0 Å². The van der Waals surface area contributed by atoms with Crippen LogP contribution in [0.15, 0.2) is 40.9 Å². The number of hydrogen-bond acceptors (Lipinski definition) is 3. The van der Waals surface area contributed by atoms with E-state index in [0.717, 1.165) is 29.9 Å². The zero-order valence-electron chi connectivity index (χ0n) is 9.02. The number of benzene rings is 1. The van der Waals surface area contributed by atoms with Crippen LogP contribution in [0.25, 0.3) is 11.3 Å². The van der Waals surface area contributed by atoms with Gasteiger partial charge in [0.1, 0.15) is 0 Å². The van der Waals surface area contributed by atoms with E-state index in [9.17, 15) is 0 Å². The van der Waals surface area contributed by atoms with Gasteiger partial charge in [0.15, 0.2) is 5.76 Å². The molecule has 0 atom stereocenters. The van der Waals surface area contributed by atoms with Crippen molar-refractivity contribution in [1.82, 2.24) is 5.16 Å². The maximum Gasteiger partial charge on any atom is 0.167 e. The minimum Gasteiger partial charge on any atom is -0.356 e. The Labute approximate surface area is 94.2 Å². The average Bonchev–Trinajstić information content (AvgIpc) is 3.00. The number of hydrogen-bond donors (Lipinski definition) is 1. The highest BCUT2D eigenvalue weighted by molar-refractivity contribution is 5.57. The van der Waals surface area contributed by atoms with Crippen LogP contribution < -0.4 is 5.73 Å². The van der Waals surface area contributed by atoms with Crippen LogP contribution in [-0.2, 0) is 5.41 Å². The summed E-state index contributed by atoms with van der Waals surface area (Å²) in [5, 5.41) is 4.14. The zero-order chi connectivity index (χ0) is 11.0. The van der Waals surface area contributed by atoms with Crippen molar-refractivity contribution in [2.24, 2.45) is 5.73 Å². The fourth-order valence-corrected chi connectivity index (χ4v) is 1.98. The van der Waals surface area contributed by atoms with Gasteiger partial charge in [0.25, 0.3) is 0 Å². The van der Waals surface area contributed by atoms with Crippen molar-refractivity contribution in [3.05, 3.63) is 42.1 Å². The molecule has 1 fully saturated rings. The second kappa shape index (κ2) is 3.46. The first-order chi connectivity index (χ1) is 7.84. The number of aromatic nitrogens is 1. The van der Waals surface area contributed by atoms with Gasteiger partial charge >= 0.3 is 0 Å². The molecule has 1 saturated carbocycles. The van der Waals surface area contributed by atoms with E-state index < -0.39 is 0 Å². The zero-order valence-corrected chi connectivity index (χ0v) is 9.02. The van der Waals surface area contributed by atoms with Crippen molar-refractivity contribution in [3.8, 4) is 11.3 Å². The molecule has 0 bridgehead atoms. The molecule has 2 aromatic rings. The Morgan fingerprint density at radius 1 is 1.25 bits per heavy atom. The van der Waals surface area contributed by atoms with Crippen molar-refractivity contribution in [2.75, 3.05) is 6.54 Å². The summed E-state index contributed by atoms with van der Waals surface area (Å²) in [6, 6.07) is 12.0. The molecule has 1 aliphatic rings. The highest BCUT2D eigenvalue weighted by Crippen LogP contribution is 2.47. The third-order valence-electron chi connectivity index (χ3n) is 3.36. The van der Waals surface area contributed by atoms with Gasteiger partial charge in [0.2, 0.25) is 0 Å². The second-order valence-electron chi connectivity index (χ2n) is 4.43. The van der Waals surface area contributed by atoms with Gasteiger partial charge in [-0.3, -0.25) is 0 Å². The smallest absolute Gasteiger partial charge is 0.167 e. The van der Waals surface area contributed by atoms with E-state index in [1.54, 1.807) is 0 Å². The molecular formula is C13H14N2O. The molecule has 16 heavy (non-hydrogen) atoms. The first kappa shape index (κ1) is 9.60. The largest absolute Gasteiger partial charge is 0.356 e. The number of nitrogens with zero attached hydrogens (tertiary/aromatic N) is 1. The standard InChI is InChI=1S/C13H14N2O/c14-9-13(6-7-13)12-8-11(16-15-12)10-4-2-1-3-5-10/h1-5,8H,6-7,9,14H2. The van der Waals surface area contributed by atoms with Crippen molar-refractivity contribution in [2.45, 2.75) is 18.3 Å². The van der Waals surface area contributed by atoms with Gasteiger partial charge in [-0.25, -0.2) is 0 Å². The summed E-state index contributed by atoms with van der Waals surface area (Å²) >= 11 is 0. The molecule has 0 amide bonds. The molecule has 1 heterocycles. The summed E-state index contributed by atoms with van der Waals surface area (Å²) in [6.45, 7) is 0.660. The van der Waals surface area contributed by atoms with Crippen LogP contribution >= 0.6 is 0 Å². The Morgan fingerprint density at radius 2 is 2.00 bits per heavy atom. The second-order valence-corrected chi connectivity index (χ2v) is 4.43. The molecular weight excluding hydrogens is 200 g/mol. The van der Waals surface area contributed by atoms with Crippen LogP contribution in [0.3, 0.4) is 0 Å². The molecule has 0 radical (unpaired) electrons. The molecule has 0 spiro atoms. The van der Waals surface area contributed by atoms with Gasteiger partial charge in [0, 0.05) is 23.6 Å². The van der Waals surface area contributed by atoms with Crippen molar-refractivity contribution < 1.29 is 4.52 Å². The monoisotopic (exact) mass is 214 g/mol. The van der Waals surface area contributed by atoms with Crippen molar-refractivity contribution in [1.29, 1.82) is 0 Å². The molecule has 1 aromatic carbocycles. The fourth-order valence-electron chi connectivity index (χ4n) is 1.98. The van der Waals surface area contributed by atoms with E-state index in [2.05, 4.69) is 5.16 Å². The number of rotatable bonds is 3. The Morgan fingerprint density at radius 3 is 2.62 bits per heavy atom. The minimum absolute atomic E-state index is 0.108. The van der Waals surface area contributed by atoms with E-state index in [0.29, 0.717) is 6.54 Å². The third kappa shape index (κ3) is 1.44. The molecule has 0 aliphatic heterocycles. The fraction of sp³-hybridized carbons (Fsp3) is 0.308. The van der Waals surface area contributed by atoms with Crippen molar-refractivity contribution >= 4 is 0 Å². The van der Waals surface area contributed by atoms with Gasteiger partial charge in [-0.2, -0.15) is 0 Å². The molecule has 3 heteroatoms. The van der Waals surface area contributed by atoms with E-state index in [1.807, 2.05) is 36.4 Å². The molecule has 0 unspecified atom stereocenters. The van der Waals surface area contributed by atoms with Crippen LogP contribution in [0.1, 0.15) is 18.5 Å². The van der Waals surface area contributed by atoms with E-state index in [-0.39, 0.29) is 5.41 Å². The van der Waals surface area contributed by atoms with Gasteiger partial charge in [-0.1, -0.05) is 35.5 Å². The van der Waals surface area contributed by atoms with E-state index in [1.165, 1.54) is 0 Å². The lowest BCUT2D eigenvalue weighted by molar-refractivity contribution is 0.414. The molecule has 1 aromatic heterocycles. The van der Waals surface area contributed by atoms with Crippen LogP contribution in [-0.4, -0.2) is 11.7 Å². The Hall–Kier alpha value is -1.61. The SMILES string of the molecule is NCC1(c2cc(-c3ccccc3)on2)CC1. The lowest BCUT2D eigenvalue weighted by Crippen LogP contribution is -2.19. The van der Waals surface area contributed by atoms with Crippen LogP contribution in [0.4, 0.5) is 0 Å². The lowest BCUT2D eigenvalue weighted by Gasteiger charge is -2.05. The highest BCUT2D eigenvalue weighted by atomic mass is 16.5. The van der Waals surface area contributed by atoms with Gasteiger partial charge < -0.3 is 10.3 Å². The first-order valence-corrected chi connectivity index (χ1v) is 5.57. The Balaban J connectivity index is 1.94. The van der Waals surface area contributed by atoms with E-state index in [4.69, 9.17) is 10.3 Å². The Kier molecular flexibility index (Phi) is 2.07. The summed E-state index contributed by atoms with van der Waals surface area (Å²) in [5.74, 6) is 0.829. The molecule has 1 aliphatic carbocycles. The normalized spacial score (nSPS) is 17.3. The van der Waals surface area contributed by atoms with E-state index >= 15 is 0 Å². The van der Waals surface area contributed by atoms with Gasteiger partial charge in [0.05, 0.1) is 5.69 Å². The van der Waals surface area contributed by atoms with Crippen LogP contribution in [0.5, 0.6) is 0 Å². The minimum atomic E-state index is 0.108. The first-order valence-electron chi connectivity index (χ1n) is 5.57. The maximum absolute atomic E-state index is 5.77. The molecule has 82 valence electrons. The van der Waals surface area contributed by atoms with Gasteiger partial charge in [-0.05, 0) is 12.8 Å². The van der Waals surface area contributed by atoms with Crippen LogP contribution in [0, 0.1) is 0 Å². The maximum atomic E-state index is 5.77. The molecule has 3 rings (SSSR count). The summed E-state index contributed by atoms with van der Waals surface area (Å²) in [5.41, 5.74) is 7.95. The predicted octanol–water partition coefficient (Wildman–Crippen LogP) is 2.33. The Bertz CT molecular complexity index is 486. The summed E-state index contributed by atoms with van der Waals surface area (Å²) in [7, 11) is 0. The molecule has 0 saturated heterocycles. The lowest BCUT2D eigenvalue weighted by atomic mass is 10.0. The molecule has 3 nitrogen and oxygen atoms in total. The summed E-state index contributed by atoms with van der Waals surface area (Å²) < 4.78 is 5.37. The highest BCUT2D eigenvalue weighted by Gasteiger charge is 2.45. The topological polar surface area (TPSA) is 52.0 Å².